The maximum Gasteiger partial charge on any atom is 0.373 e. The summed E-state index contributed by atoms with van der Waals surface area (Å²) >= 11 is 3.39. The summed E-state index contributed by atoms with van der Waals surface area (Å²) in [6.07, 6.45) is 5.80. The van der Waals surface area contributed by atoms with Gasteiger partial charge >= 0.3 is 12.1 Å². The highest BCUT2D eigenvalue weighted by atomic mass is 79.9. The van der Waals surface area contributed by atoms with E-state index in [0.717, 1.165) is 30.4 Å². The van der Waals surface area contributed by atoms with Gasteiger partial charge in [0.25, 0.3) is 0 Å². The van der Waals surface area contributed by atoms with Crippen LogP contribution in [0.1, 0.15) is 38.4 Å². The quantitative estimate of drug-likeness (QED) is 0.250. The monoisotopic (exact) mass is 568 g/mol. The van der Waals surface area contributed by atoms with Crippen LogP contribution in [0.15, 0.2) is 73.1 Å². The SMILES string of the molecule is BrCCc1ccccc1.COC(=O)c1cn[nH]c1C.Cc1cnn(CCc2ccccc2)c1C.O=C=O. The van der Waals surface area contributed by atoms with E-state index in [9.17, 15) is 4.79 Å². The zero-order valence-electron chi connectivity index (χ0n) is 21.6. The lowest BCUT2D eigenvalue weighted by Gasteiger charge is -2.04. The molecule has 0 radical (unpaired) electrons. The molecule has 0 amide bonds. The molecule has 8 nitrogen and oxygen atoms in total. The molecule has 0 saturated carbocycles. The molecule has 0 fully saturated rings. The lowest BCUT2D eigenvalue weighted by atomic mass is 10.1. The van der Waals surface area contributed by atoms with Crippen LogP contribution in [0.4, 0.5) is 0 Å². The number of nitrogens with zero attached hydrogens (tertiary/aromatic N) is 3. The summed E-state index contributed by atoms with van der Waals surface area (Å²) in [5.41, 5.74) is 6.52. The number of ether oxygens (including phenoxy) is 1. The topological polar surface area (TPSA) is 107 Å². The lowest BCUT2D eigenvalue weighted by molar-refractivity contribution is -0.191. The maximum absolute atomic E-state index is 10.8. The molecule has 2 aromatic heterocycles. The van der Waals surface area contributed by atoms with Crippen molar-refractivity contribution in [1.29, 1.82) is 0 Å². The molecule has 0 aliphatic carbocycles. The summed E-state index contributed by atoms with van der Waals surface area (Å²) in [6, 6.07) is 21.0. The highest BCUT2D eigenvalue weighted by Gasteiger charge is 2.09. The Kier molecular flexibility index (Phi) is 15.6. The summed E-state index contributed by atoms with van der Waals surface area (Å²) < 4.78 is 6.55. The average molecular weight is 570 g/mol. The predicted octanol–water partition coefficient (Wildman–Crippen LogP) is 5.29. The largest absolute Gasteiger partial charge is 0.465 e. The van der Waals surface area contributed by atoms with Crippen molar-refractivity contribution in [1.82, 2.24) is 20.0 Å². The maximum atomic E-state index is 10.8. The fraction of sp³-hybridized carbons (Fsp3) is 0.286. The van der Waals surface area contributed by atoms with Crippen LogP contribution < -0.4 is 0 Å². The van der Waals surface area contributed by atoms with Gasteiger partial charge in [-0.2, -0.15) is 19.8 Å². The summed E-state index contributed by atoms with van der Waals surface area (Å²) in [6.45, 7) is 6.94. The van der Waals surface area contributed by atoms with Crippen molar-refractivity contribution in [2.24, 2.45) is 0 Å². The van der Waals surface area contributed by atoms with Crippen molar-refractivity contribution in [2.45, 2.75) is 40.2 Å². The average Bonchev–Trinajstić information content (AvgIpc) is 3.49. The molecule has 0 unspecified atom stereocenters. The van der Waals surface area contributed by atoms with Crippen molar-refractivity contribution in [3.8, 4) is 0 Å². The summed E-state index contributed by atoms with van der Waals surface area (Å²) in [7, 11) is 1.34. The fourth-order valence-electron chi connectivity index (χ4n) is 3.07. The Balaban J connectivity index is 0.000000273. The minimum Gasteiger partial charge on any atom is -0.465 e. The molecule has 2 aromatic carbocycles. The highest BCUT2D eigenvalue weighted by Crippen LogP contribution is 2.07. The molecular weight excluding hydrogens is 536 g/mol. The van der Waals surface area contributed by atoms with Gasteiger partial charge < -0.3 is 4.74 Å². The van der Waals surface area contributed by atoms with Gasteiger partial charge in [0.15, 0.2) is 0 Å². The molecule has 196 valence electrons. The zero-order valence-corrected chi connectivity index (χ0v) is 23.2. The number of hydrogen-bond donors (Lipinski definition) is 1. The summed E-state index contributed by atoms with van der Waals surface area (Å²) in [4.78, 5) is 27.1. The Hall–Kier alpha value is -3.81. The third-order valence-corrected chi connectivity index (χ3v) is 5.66. The van der Waals surface area contributed by atoms with Crippen LogP contribution >= 0.6 is 15.9 Å². The lowest BCUT2D eigenvalue weighted by Crippen LogP contribution is -2.05. The standard InChI is InChI=1S/C13H16N2.C8H9Br.C6H8N2O2.CO2/c1-11-10-14-15(12(11)2)9-8-13-6-4-3-5-7-13;9-7-6-8-4-2-1-3-5-8;1-4-5(3-7-8-4)6(9)10-2;2-1-3/h3-7,10H,8-9H2,1-2H3;1-5H,6-7H2;3H,1-2H3,(H,7,8);. The van der Waals surface area contributed by atoms with E-state index in [1.807, 2.05) is 18.3 Å². The number of rotatable bonds is 6. The number of carbonyl (C=O) groups excluding carboxylic acids is 3. The predicted molar refractivity (Wildman–Crippen MR) is 145 cm³/mol. The van der Waals surface area contributed by atoms with Gasteiger partial charge in [-0.05, 0) is 50.3 Å². The van der Waals surface area contributed by atoms with Gasteiger partial charge in [0.2, 0.25) is 0 Å². The second kappa shape index (κ2) is 18.5. The Morgan fingerprint density at radius 2 is 1.49 bits per heavy atom. The number of alkyl halides is 1. The van der Waals surface area contributed by atoms with Gasteiger partial charge in [-0.1, -0.05) is 76.6 Å². The van der Waals surface area contributed by atoms with Crippen LogP contribution in [-0.4, -0.2) is 44.5 Å². The second-order valence-electron chi connectivity index (χ2n) is 7.78. The first-order chi connectivity index (χ1) is 17.9. The first-order valence-corrected chi connectivity index (χ1v) is 12.7. The molecule has 0 spiro atoms. The smallest absolute Gasteiger partial charge is 0.373 e. The van der Waals surface area contributed by atoms with E-state index in [0.29, 0.717) is 5.56 Å². The summed E-state index contributed by atoms with van der Waals surface area (Å²) in [5, 5.41) is 11.7. The fourth-order valence-corrected chi connectivity index (χ4v) is 3.52. The number of aromatic amines is 1. The van der Waals surface area contributed by atoms with Crippen molar-refractivity contribution in [3.63, 3.8) is 0 Å². The molecule has 1 N–H and O–H groups in total. The van der Waals surface area contributed by atoms with Gasteiger partial charge in [-0.3, -0.25) is 9.78 Å². The number of nitrogens with one attached hydrogen (secondary N) is 1. The molecular formula is C28H33BrN4O4. The number of hydrogen-bond acceptors (Lipinski definition) is 6. The van der Waals surface area contributed by atoms with E-state index < -0.39 is 0 Å². The number of benzene rings is 2. The number of carbonyl (C=O) groups is 1. The van der Waals surface area contributed by atoms with Crippen molar-refractivity contribution in [2.75, 3.05) is 12.4 Å². The number of methoxy groups -OCH3 is 1. The molecule has 0 bridgehead atoms. The Labute approximate surface area is 226 Å². The molecule has 2 heterocycles. The number of aromatic nitrogens is 4. The molecule has 0 aliphatic rings. The molecule has 0 saturated heterocycles. The van der Waals surface area contributed by atoms with Crippen LogP contribution in [0.5, 0.6) is 0 Å². The van der Waals surface area contributed by atoms with Crippen LogP contribution in [-0.2, 0) is 33.7 Å². The van der Waals surface area contributed by atoms with Gasteiger partial charge in [-0.15, -0.1) is 0 Å². The van der Waals surface area contributed by atoms with E-state index in [1.165, 1.54) is 35.7 Å². The molecule has 4 aromatic rings. The van der Waals surface area contributed by atoms with Crippen LogP contribution in [0, 0.1) is 20.8 Å². The zero-order chi connectivity index (χ0) is 27.5. The first kappa shape index (κ1) is 31.2. The Morgan fingerprint density at radius 1 is 0.946 bits per heavy atom. The van der Waals surface area contributed by atoms with Crippen molar-refractivity contribution >= 4 is 28.1 Å². The van der Waals surface area contributed by atoms with Gasteiger partial charge in [0.1, 0.15) is 5.56 Å². The first-order valence-electron chi connectivity index (χ1n) is 11.6. The second-order valence-corrected chi connectivity index (χ2v) is 8.57. The highest BCUT2D eigenvalue weighted by molar-refractivity contribution is 9.09. The number of esters is 1. The summed E-state index contributed by atoms with van der Waals surface area (Å²) in [5.74, 6) is -0.355. The van der Waals surface area contributed by atoms with E-state index in [-0.39, 0.29) is 12.1 Å². The van der Waals surface area contributed by atoms with E-state index >= 15 is 0 Å². The van der Waals surface area contributed by atoms with Crippen molar-refractivity contribution in [3.05, 3.63) is 107 Å². The van der Waals surface area contributed by atoms with Gasteiger partial charge in [0, 0.05) is 23.3 Å². The van der Waals surface area contributed by atoms with E-state index in [4.69, 9.17) is 9.59 Å². The third kappa shape index (κ3) is 12.1. The van der Waals surface area contributed by atoms with Crippen LogP contribution in [0.2, 0.25) is 0 Å². The molecule has 9 heteroatoms. The number of H-pyrrole nitrogens is 1. The minimum atomic E-state index is -0.355. The normalized spacial score (nSPS) is 9.32. The number of aryl methyl sites for hydroxylation is 5. The number of halogens is 1. The van der Waals surface area contributed by atoms with Gasteiger partial charge in [-0.25, -0.2) is 4.79 Å². The van der Waals surface area contributed by atoms with Crippen LogP contribution in [0.25, 0.3) is 0 Å². The minimum absolute atomic E-state index is 0.250. The molecule has 4 rings (SSSR count). The van der Waals surface area contributed by atoms with E-state index in [2.05, 4.69) is 103 Å². The van der Waals surface area contributed by atoms with E-state index in [1.54, 1.807) is 6.92 Å². The Morgan fingerprint density at radius 3 is 1.89 bits per heavy atom. The van der Waals surface area contributed by atoms with Crippen molar-refractivity contribution < 1.29 is 19.1 Å². The Bertz CT molecular complexity index is 1200. The van der Waals surface area contributed by atoms with Gasteiger partial charge in [0.05, 0.1) is 19.5 Å². The molecule has 0 aliphatic heterocycles. The van der Waals surface area contributed by atoms with Crippen LogP contribution in [0.3, 0.4) is 0 Å². The third-order valence-electron chi connectivity index (χ3n) is 5.26. The molecule has 0 atom stereocenters. The molecule has 37 heavy (non-hydrogen) atoms.